The molecule has 1 aromatic carbocycles. The number of halogens is 9. The first-order valence-electron chi connectivity index (χ1n) is 4.63. The van der Waals surface area contributed by atoms with Gasteiger partial charge in [0.2, 0.25) is 0 Å². The van der Waals surface area contributed by atoms with Crippen LogP contribution in [0.15, 0.2) is 24.3 Å². The van der Waals surface area contributed by atoms with Crippen LogP contribution in [0.3, 0.4) is 0 Å². The molecule has 0 bridgehead atoms. The lowest BCUT2D eigenvalue weighted by atomic mass is 10.0. The van der Waals surface area contributed by atoms with E-state index in [0.717, 1.165) is 0 Å². The summed E-state index contributed by atoms with van der Waals surface area (Å²) in [5.74, 6) is -5.67. The monoisotopic (exact) mass is 296 g/mol. The van der Waals surface area contributed by atoms with Crippen molar-refractivity contribution >= 4 is 0 Å². The van der Waals surface area contributed by atoms with Crippen LogP contribution in [0.2, 0.25) is 0 Å². The molecule has 1 aromatic rings. The summed E-state index contributed by atoms with van der Waals surface area (Å²) < 4.78 is 110. The van der Waals surface area contributed by atoms with Crippen molar-refractivity contribution in [1.82, 2.24) is 0 Å². The quantitative estimate of drug-likeness (QED) is 0.680. The first-order chi connectivity index (χ1) is 8.37. The van der Waals surface area contributed by atoms with Crippen molar-refractivity contribution in [3.05, 3.63) is 35.4 Å². The molecule has 0 saturated carbocycles. The Morgan fingerprint density at radius 3 is 1.47 bits per heavy atom. The molecule has 0 aliphatic rings. The van der Waals surface area contributed by atoms with Gasteiger partial charge >= 0.3 is 18.3 Å². The third-order valence-electron chi connectivity index (χ3n) is 2.23. The van der Waals surface area contributed by atoms with E-state index in [1.165, 1.54) is 0 Å². The maximum atomic E-state index is 13.1. The van der Waals surface area contributed by atoms with Crippen LogP contribution in [-0.4, -0.2) is 12.1 Å². The third-order valence-corrected chi connectivity index (χ3v) is 2.23. The van der Waals surface area contributed by atoms with Gasteiger partial charge in [-0.25, -0.2) is 4.39 Å². The van der Waals surface area contributed by atoms with E-state index >= 15 is 0 Å². The number of hydrogen-bond acceptors (Lipinski definition) is 0. The summed E-state index contributed by atoms with van der Waals surface area (Å²) in [5.41, 5.74) is -2.46. The molecular weight excluding hydrogens is 291 g/mol. The topological polar surface area (TPSA) is 0 Å². The van der Waals surface area contributed by atoms with Gasteiger partial charge in [-0.3, -0.25) is 0 Å². The van der Waals surface area contributed by atoms with E-state index in [1.807, 2.05) is 0 Å². The summed E-state index contributed by atoms with van der Waals surface area (Å²) in [7, 11) is 0. The fourth-order valence-corrected chi connectivity index (χ4v) is 1.19. The molecule has 0 heterocycles. The lowest BCUT2D eigenvalue weighted by molar-refractivity contribution is -0.305. The van der Waals surface area contributed by atoms with Crippen molar-refractivity contribution in [1.29, 1.82) is 0 Å². The number of hydrogen-bond donors (Lipinski definition) is 0. The molecular formula is C10H5F9. The van der Waals surface area contributed by atoms with Crippen molar-refractivity contribution in [2.75, 3.05) is 0 Å². The molecule has 0 amide bonds. The second-order valence-electron chi connectivity index (χ2n) is 3.60. The largest absolute Gasteiger partial charge is 0.456 e. The minimum Gasteiger partial charge on any atom is -0.235 e. The summed E-state index contributed by atoms with van der Waals surface area (Å²) in [6, 6.07) is 0.947. The summed E-state index contributed by atoms with van der Waals surface area (Å²) in [6.07, 6.45) is -14.7. The van der Waals surface area contributed by atoms with Gasteiger partial charge in [-0.15, -0.1) is 0 Å². The van der Waals surface area contributed by atoms with Gasteiger partial charge in [-0.2, -0.15) is 35.1 Å². The van der Waals surface area contributed by atoms with E-state index in [1.54, 1.807) is 0 Å². The van der Waals surface area contributed by atoms with Crippen molar-refractivity contribution in [2.45, 2.75) is 24.4 Å². The molecule has 0 nitrogen and oxygen atoms in total. The highest BCUT2D eigenvalue weighted by atomic mass is 19.4. The molecule has 0 saturated heterocycles. The predicted molar refractivity (Wildman–Crippen MR) is 46.3 cm³/mol. The fraction of sp³-hybridized carbons (Fsp3) is 0.400. The van der Waals surface area contributed by atoms with Crippen molar-refractivity contribution in [3.8, 4) is 0 Å². The van der Waals surface area contributed by atoms with Crippen LogP contribution >= 0.6 is 0 Å². The van der Waals surface area contributed by atoms with E-state index in [4.69, 9.17) is 0 Å². The first kappa shape index (κ1) is 15.6. The molecule has 0 aliphatic carbocycles. The predicted octanol–water partition coefficient (Wildman–Crippen LogP) is 4.91. The molecule has 19 heavy (non-hydrogen) atoms. The van der Waals surface area contributed by atoms with Gasteiger partial charge < -0.3 is 0 Å². The molecule has 0 aliphatic heterocycles. The fourth-order valence-electron chi connectivity index (χ4n) is 1.19. The number of benzene rings is 1. The highest BCUT2D eigenvalue weighted by Gasteiger charge is 2.63. The van der Waals surface area contributed by atoms with Gasteiger partial charge in [0, 0.05) is 0 Å². The molecule has 9 heteroatoms. The van der Waals surface area contributed by atoms with Gasteiger partial charge in [0.15, 0.2) is 6.17 Å². The number of rotatable bonds is 2. The average Bonchev–Trinajstić information content (AvgIpc) is 2.25. The Balaban J connectivity index is 3.06. The zero-order valence-corrected chi connectivity index (χ0v) is 8.79. The summed E-state index contributed by atoms with van der Waals surface area (Å²) in [6.45, 7) is 0. The smallest absolute Gasteiger partial charge is 0.235 e. The minimum absolute atomic E-state index is 0.231. The summed E-state index contributed by atoms with van der Waals surface area (Å²) in [5, 5.41) is 0. The Bertz CT molecular complexity index is 426. The zero-order chi connectivity index (χ0) is 15.1. The Morgan fingerprint density at radius 2 is 1.16 bits per heavy atom. The lowest BCUT2D eigenvalue weighted by Gasteiger charge is -2.23. The van der Waals surface area contributed by atoms with Crippen molar-refractivity contribution in [2.24, 2.45) is 0 Å². The molecule has 108 valence electrons. The van der Waals surface area contributed by atoms with E-state index in [9.17, 15) is 39.5 Å². The van der Waals surface area contributed by atoms with Gasteiger partial charge in [-0.05, 0) is 17.7 Å². The molecule has 0 N–H and O–H groups in total. The Morgan fingerprint density at radius 1 is 0.737 bits per heavy atom. The van der Waals surface area contributed by atoms with Crippen LogP contribution in [0.25, 0.3) is 0 Å². The minimum atomic E-state index is -6.13. The van der Waals surface area contributed by atoms with E-state index in [0.29, 0.717) is 0 Å². The van der Waals surface area contributed by atoms with Gasteiger partial charge in [0.05, 0.1) is 5.56 Å². The highest BCUT2D eigenvalue weighted by molar-refractivity contribution is 5.27. The highest BCUT2D eigenvalue weighted by Crippen LogP contribution is 2.46. The molecule has 1 rings (SSSR count). The van der Waals surface area contributed by atoms with Crippen LogP contribution < -0.4 is 0 Å². The second-order valence-corrected chi connectivity index (χ2v) is 3.60. The summed E-state index contributed by atoms with van der Waals surface area (Å²) >= 11 is 0. The van der Waals surface area contributed by atoms with Crippen LogP contribution in [0.1, 0.15) is 17.3 Å². The lowest BCUT2D eigenvalue weighted by Crippen LogP contribution is -2.40. The molecule has 0 spiro atoms. The maximum Gasteiger partial charge on any atom is 0.456 e. The third kappa shape index (κ3) is 3.13. The van der Waals surface area contributed by atoms with E-state index < -0.39 is 35.6 Å². The Labute approximate surface area is 100 Å². The normalized spacial score (nSPS) is 15.4. The average molecular weight is 296 g/mol. The van der Waals surface area contributed by atoms with Crippen LogP contribution in [0, 0.1) is 0 Å². The van der Waals surface area contributed by atoms with Crippen molar-refractivity contribution < 1.29 is 39.5 Å². The Kier molecular flexibility index (Phi) is 3.79. The van der Waals surface area contributed by atoms with E-state index in [2.05, 4.69) is 0 Å². The first-order valence-corrected chi connectivity index (χ1v) is 4.63. The van der Waals surface area contributed by atoms with Gasteiger partial charge in [0.1, 0.15) is 0 Å². The van der Waals surface area contributed by atoms with Crippen LogP contribution in [0.4, 0.5) is 39.5 Å². The molecule has 1 atom stereocenters. The molecule has 0 radical (unpaired) electrons. The SMILES string of the molecule is FC(c1ccc(C(F)(F)F)cc1)C(F)(F)C(F)(F)F. The molecule has 0 fully saturated rings. The molecule has 1 unspecified atom stereocenters. The summed E-state index contributed by atoms with van der Waals surface area (Å²) in [4.78, 5) is 0. The van der Waals surface area contributed by atoms with Crippen LogP contribution in [-0.2, 0) is 6.18 Å². The van der Waals surface area contributed by atoms with Crippen LogP contribution in [0.5, 0.6) is 0 Å². The van der Waals surface area contributed by atoms with E-state index in [-0.39, 0.29) is 24.3 Å². The van der Waals surface area contributed by atoms with Gasteiger partial charge in [-0.1, -0.05) is 12.1 Å². The standard InChI is InChI=1S/C10H5F9/c11-7(8(12,13)10(17,18)19)5-1-3-6(4-2-5)9(14,15)16/h1-4,7H. The number of alkyl halides is 9. The van der Waals surface area contributed by atoms with Gasteiger partial charge in [0.25, 0.3) is 0 Å². The zero-order valence-electron chi connectivity index (χ0n) is 8.79. The Hall–Kier alpha value is -1.41. The second kappa shape index (κ2) is 4.61. The maximum absolute atomic E-state index is 13.1. The molecule has 0 aromatic heterocycles. The van der Waals surface area contributed by atoms with Crippen molar-refractivity contribution in [3.63, 3.8) is 0 Å².